The van der Waals surface area contributed by atoms with Gasteiger partial charge in [0, 0.05) is 36.9 Å². The minimum atomic E-state index is -0.605. The molecule has 10 nitrogen and oxygen atoms in total. The van der Waals surface area contributed by atoms with Gasteiger partial charge in [-0.1, -0.05) is 6.42 Å². The molecule has 3 N–H and O–H groups in total. The second-order valence-corrected chi connectivity index (χ2v) is 13.3. The highest BCUT2D eigenvalue weighted by atomic mass is 16.3. The van der Waals surface area contributed by atoms with Gasteiger partial charge in [-0.3, -0.25) is 19.4 Å². The highest BCUT2D eigenvalue weighted by Crippen LogP contribution is 2.60. The third-order valence-electron chi connectivity index (χ3n) is 10.8. The number of anilines is 1. The van der Waals surface area contributed by atoms with Crippen LogP contribution in [0.3, 0.4) is 0 Å². The van der Waals surface area contributed by atoms with Crippen LogP contribution in [-0.4, -0.2) is 84.3 Å². The Morgan fingerprint density at radius 1 is 0.975 bits per heavy atom. The van der Waals surface area contributed by atoms with Crippen LogP contribution in [0.25, 0.3) is 21.9 Å². The van der Waals surface area contributed by atoms with Crippen molar-refractivity contribution in [2.75, 3.05) is 31.5 Å². The van der Waals surface area contributed by atoms with Gasteiger partial charge in [0.25, 0.3) is 0 Å². The lowest BCUT2D eigenvalue weighted by molar-refractivity contribution is -0.148. The van der Waals surface area contributed by atoms with Gasteiger partial charge in [0.05, 0.1) is 22.5 Å². The first-order valence-corrected chi connectivity index (χ1v) is 15.4. The van der Waals surface area contributed by atoms with Gasteiger partial charge in [0.15, 0.2) is 5.65 Å². The van der Waals surface area contributed by atoms with Gasteiger partial charge in [0.2, 0.25) is 0 Å². The molecule has 6 fully saturated rings. The molecule has 2 amide bonds. The minimum absolute atomic E-state index is 0.204. The number of nitrogens with zero attached hydrogens (tertiary/aromatic N) is 5. The van der Waals surface area contributed by atoms with Crippen molar-refractivity contribution in [2.45, 2.75) is 81.9 Å². The Kier molecular flexibility index (Phi) is 5.75. The second-order valence-electron chi connectivity index (χ2n) is 13.3. The summed E-state index contributed by atoms with van der Waals surface area (Å²) in [6, 6.07) is 2.70. The molecule has 0 spiro atoms. The molecular formula is C30H39N7O3. The Bertz CT molecular complexity index is 1450. The zero-order chi connectivity index (χ0) is 27.0. The van der Waals surface area contributed by atoms with Crippen molar-refractivity contribution in [3.8, 4) is 0 Å². The molecule has 4 bridgehead atoms. The number of carbonyl (C=O) groups excluding carboxylic acids is 2. The van der Waals surface area contributed by atoms with E-state index in [0.29, 0.717) is 48.4 Å². The molecule has 0 radical (unpaired) electrons. The maximum atomic E-state index is 13.3. The molecule has 2 saturated heterocycles. The molecule has 0 aromatic carbocycles. The van der Waals surface area contributed by atoms with Crippen molar-refractivity contribution in [3.63, 3.8) is 0 Å². The SMILES string of the molecule is O=C(Nc1[nH]n(C2[C@@H]3CC4C[C@H]2CC(O)(C4)C3)c2c1cnc1nccc12)C(=O)N1CCC(N2CCCCC2)CC1. The zero-order valence-corrected chi connectivity index (χ0v) is 23.0. The monoisotopic (exact) mass is 545 g/mol. The van der Waals surface area contributed by atoms with E-state index in [2.05, 4.69) is 30.0 Å². The molecule has 3 aromatic heterocycles. The normalized spacial score (nSPS) is 32.8. The number of aromatic nitrogens is 4. The quantitative estimate of drug-likeness (QED) is 0.434. The Hall–Kier alpha value is -2.98. The first-order chi connectivity index (χ1) is 19.5. The average Bonchev–Trinajstić information content (AvgIpc) is 3.57. The summed E-state index contributed by atoms with van der Waals surface area (Å²) in [5.74, 6) is 0.790. The van der Waals surface area contributed by atoms with Crippen molar-refractivity contribution in [2.24, 2.45) is 17.8 Å². The van der Waals surface area contributed by atoms with Crippen LogP contribution in [-0.2, 0) is 9.59 Å². The van der Waals surface area contributed by atoms with Crippen LogP contribution in [0.1, 0.15) is 70.3 Å². The first kappa shape index (κ1) is 24.8. The lowest BCUT2D eigenvalue weighted by Crippen LogP contribution is -2.55. The number of piperidine rings is 2. The van der Waals surface area contributed by atoms with Crippen molar-refractivity contribution >= 4 is 39.6 Å². The molecule has 212 valence electrons. The Morgan fingerprint density at radius 3 is 2.45 bits per heavy atom. The lowest BCUT2D eigenvalue weighted by Gasteiger charge is -2.58. The largest absolute Gasteiger partial charge is 0.390 e. The standard InChI is InChI=1S/C30H39N7O3/c38-28(29(39)36-10-5-21(6-11-36)35-8-2-1-3-9-35)33-27-23-17-32-26-22(4-7-31-26)25(23)37(34-27)24-19-12-18-13-20(24)16-30(40,14-18)15-19/h4,7,17-21,24,34,40H,1-3,5-6,8-16H2,(H,33,38)/t18?,19-,20+,24?,30?. The molecule has 5 atom stereocenters. The van der Waals surface area contributed by atoms with E-state index in [1.165, 1.54) is 19.3 Å². The van der Waals surface area contributed by atoms with Crippen LogP contribution in [0.2, 0.25) is 0 Å². The van der Waals surface area contributed by atoms with Gasteiger partial charge >= 0.3 is 11.8 Å². The maximum absolute atomic E-state index is 13.3. The maximum Gasteiger partial charge on any atom is 0.315 e. The van der Waals surface area contributed by atoms with Gasteiger partial charge < -0.3 is 20.2 Å². The van der Waals surface area contributed by atoms with Gasteiger partial charge in [-0.25, -0.2) is 9.97 Å². The van der Waals surface area contributed by atoms with Crippen LogP contribution in [0.15, 0.2) is 18.5 Å². The fraction of sp³-hybridized carbons (Fsp3) is 0.667. The highest BCUT2D eigenvalue weighted by molar-refractivity contribution is 6.40. The van der Waals surface area contributed by atoms with Gasteiger partial charge in [-0.2, -0.15) is 0 Å². The summed E-state index contributed by atoms with van der Waals surface area (Å²) in [6.45, 7) is 3.55. The fourth-order valence-electron chi connectivity index (χ4n) is 9.35. The number of pyridine rings is 1. The number of nitrogens with one attached hydrogen (secondary N) is 2. The highest BCUT2D eigenvalue weighted by Gasteiger charge is 2.55. The molecule has 3 aromatic rings. The number of aliphatic hydroxyl groups is 1. The number of fused-ring (bicyclic) bond motifs is 3. The van der Waals surface area contributed by atoms with Gasteiger partial charge in [-0.05, 0) is 94.7 Å². The summed E-state index contributed by atoms with van der Waals surface area (Å²) in [7, 11) is 0. The summed E-state index contributed by atoms with van der Waals surface area (Å²) >= 11 is 0. The van der Waals surface area contributed by atoms with E-state index in [9.17, 15) is 14.7 Å². The van der Waals surface area contributed by atoms with Gasteiger partial charge in [0.1, 0.15) is 5.82 Å². The summed E-state index contributed by atoms with van der Waals surface area (Å²) in [6.07, 6.45) is 14.0. The first-order valence-electron chi connectivity index (χ1n) is 15.4. The Balaban J connectivity index is 1.06. The van der Waals surface area contributed by atoms with Crippen molar-refractivity contribution < 1.29 is 14.7 Å². The number of carbonyl (C=O) groups is 2. The summed E-state index contributed by atoms with van der Waals surface area (Å²) in [5, 5.41) is 19.4. The Morgan fingerprint density at radius 2 is 1.73 bits per heavy atom. The van der Waals surface area contributed by atoms with Crippen LogP contribution in [0.4, 0.5) is 5.82 Å². The number of hydrogen-bond donors (Lipinski definition) is 3. The van der Waals surface area contributed by atoms with E-state index in [1.807, 2.05) is 6.07 Å². The van der Waals surface area contributed by atoms with Crippen LogP contribution < -0.4 is 5.32 Å². The fourth-order valence-corrected chi connectivity index (χ4v) is 9.35. The van der Waals surface area contributed by atoms with Crippen LogP contribution in [0.5, 0.6) is 0 Å². The molecular weight excluding hydrogens is 506 g/mol. The summed E-state index contributed by atoms with van der Waals surface area (Å²) < 4.78 is 2.21. The average molecular weight is 546 g/mol. The molecule has 9 rings (SSSR count). The van der Waals surface area contributed by atoms with E-state index < -0.39 is 17.4 Å². The molecule has 10 heteroatoms. The van der Waals surface area contributed by atoms with Crippen molar-refractivity contribution in [3.05, 3.63) is 18.5 Å². The molecule has 4 saturated carbocycles. The third-order valence-corrected chi connectivity index (χ3v) is 10.8. The van der Waals surface area contributed by atoms with Crippen molar-refractivity contribution in [1.29, 1.82) is 0 Å². The smallest absolute Gasteiger partial charge is 0.315 e. The predicted molar refractivity (Wildman–Crippen MR) is 151 cm³/mol. The third kappa shape index (κ3) is 3.97. The number of aromatic amines is 1. The molecule has 5 heterocycles. The van der Waals surface area contributed by atoms with Crippen LogP contribution in [0, 0.1) is 17.8 Å². The summed E-state index contributed by atoms with van der Waals surface area (Å²) in [4.78, 5) is 39.8. The predicted octanol–water partition coefficient (Wildman–Crippen LogP) is 3.44. The van der Waals surface area contributed by atoms with Crippen LogP contribution >= 0.6 is 0 Å². The number of likely N-dealkylation sites (tertiary alicyclic amines) is 2. The number of rotatable bonds is 3. The number of amides is 2. The molecule has 4 aliphatic carbocycles. The van der Waals surface area contributed by atoms with E-state index in [-0.39, 0.29) is 6.04 Å². The van der Waals surface area contributed by atoms with E-state index >= 15 is 0 Å². The molecule has 2 aliphatic heterocycles. The topological polar surface area (TPSA) is 119 Å². The van der Waals surface area contributed by atoms with E-state index in [1.54, 1.807) is 17.3 Å². The number of hydrogen-bond acceptors (Lipinski definition) is 6. The van der Waals surface area contributed by atoms with Crippen molar-refractivity contribution in [1.82, 2.24) is 29.5 Å². The molecule has 6 aliphatic rings. The lowest BCUT2D eigenvalue weighted by atomic mass is 9.52. The zero-order valence-electron chi connectivity index (χ0n) is 23.0. The van der Waals surface area contributed by atoms with E-state index in [0.717, 1.165) is 74.3 Å². The molecule has 40 heavy (non-hydrogen) atoms. The minimum Gasteiger partial charge on any atom is -0.390 e. The molecule has 3 unspecified atom stereocenters. The Labute approximate surface area is 233 Å². The van der Waals surface area contributed by atoms with E-state index in [4.69, 9.17) is 0 Å². The second kappa shape index (κ2) is 9.27. The van der Waals surface area contributed by atoms with Gasteiger partial charge in [-0.15, -0.1) is 0 Å². The number of H-pyrrole nitrogens is 1. The summed E-state index contributed by atoms with van der Waals surface area (Å²) in [5.41, 5.74) is 1.12.